The maximum Gasteiger partial charge on any atom is 0.261 e. The molecule has 3 rings (SSSR count). The molecule has 1 aromatic rings. The number of hydrogen-bond donors (Lipinski definition) is 1. The molecule has 0 radical (unpaired) electrons. The highest BCUT2D eigenvalue weighted by molar-refractivity contribution is 7.12. The maximum absolute atomic E-state index is 12.1. The summed E-state index contributed by atoms with van der Waals surface area (Å²) in [5.74, 6) is 0.464. The monoisotopic (exact) mass is 308 g/mol. The zero-order valence-corrected chi connectivity index (χ0v) is 12.9. The summed E-state index contributed by atoms with van der Waals surface area (Å²) in [5, 5.41) is 5.02. The molecule has 0 spiro atoms. The number of amides is 2. The normalized spacial score (nSPS) is 27.1. The first-order chi connectivity index (χ1) is 10.2. The topological polar surface area (TPSA) is 58.6 Å². The summed E-state index contributed by atoms with van der Waals surface area (Å²) in [4.78, 5) is 26.8. The number of nitrogens with one attached hydrogen (secondary N) is 1. The van der Waals surface area contributed by atoms with E-state index in [9.17, 15) is 9.59 Å². The molecule has 0 aromatic carbocycles. The number of thiophene rings is 1. The van der Waals surface area contributed by atoms with Crippen molar-refractivity contribution in [2.45, 2.75) is 31.8 Å². The van der Waals surface area contributed by atoms with Crippen LogP contribution >= 0.6 is 11.3 Å². The van der Waals surface area contributed by atoms with Gasteiger partial charge in [-0.25, -0.2) is 0 Å². The Morgan fingerprint density at radius 2 is 2.33 bits per heavy atom. The summed E-state index contributed by atoms with van der Waals surface area (Å²) in [5.41, 5.74) is 0. The average Bonchev–Trinajstić information content (AvgIpc) is 3.19. The molecule has 1 N–H and O–H groups in total. The first-order valence-electron chi connectivity index (χ1n) is 7.40. The molecule has 3 atom stereocenters. The Bertz CT molecular complexity index is 517. The van der Waals surface area contributed by atoms with Crippen LogP contribution in [0, 0.1) is 5.92 Å². The van der Waals surface area contributed by atoms with Crippen molar-refractivity contribution in [3.8, 4) is 0 Å². The quantitative estimate of drug-likeness (QED) is 0.897. The van der Waals surface area contributed by atoms with Gasteiger partial charge in [-0.3, -0.25) is 9.59 Å². The SMILES string of the molecule is CCOCC(=O)N1CC2CC1CC2NC(=O)c1cccs1. The van der Waals surface area contributed by atoms with Crippen LogP contribution in [0.5, 0.6) is 0 Å². The number of piperidine rings is 1. The van der Waals surface area contributed by atoms with Gasteiger partial charge in [-0.15, -0.1) is 11.3 Å². The molecule has 2 aliphatic rings. The van der Waals surface area contributed by atoms with Crippen molar-refractivity contribution in [3.63, 3.8) is 0 Å². The second kappa shape index (κ2) is 6.15. The molecule has 1 saturated heterocycles. The summed E-state index contributed by atoms with van der Waals surface area (Å²) < 4.78 is 5.20. The van der Waals surface area contributed by atoms with Gasteiger partial charge in [0.2, 0.25) is 5.91 Å². The van der Waals surface area contributed by atoms with E-state index in [1.807, 2.05) is 29.3 Å². The van der Waals surface area contributed by atoms with Crippen LogP contribution in [0.4, 0.5) is 0 Å². The summed E-state index contributed by atoms with van der Waals surface area (Å²) in [6, 6.07) is 4.18. The molecule has 6 heteroatoms. The summed E-state index contributed by atoms with van der Waals surface area (Å²) in [7, 11) is 0. The van der Waals surface area contributed by atoms with Crippen molar-refractivity contribution in [1.82, 2.24) is 10.2 Å². The molecule has 5 nitrogen and oxygen atoms in total. The lowest BCUT2D eigenvalue weighted by Crippen LogP contribution is -2.48. The van der Waals surface area contributed by atoms with Gasteiger partial charge in [0.25, 0.3) is 5.91 Å². The number of ether oxygens (including phenoxy) is 1. The molecule has 1 aliphatic carbocycles. The molecule has 1 aromatic heterocycles. The fourth-order valence-electron chi connectivity index (χ4n) is 3.36. The maximum atomic E-state index is 12.1. The van der Waals surface area contributed by atoms with Crippen molar-refractivity contribution in [1.29, 1.82) is 0 Å². The minimum Gasteiger partial charge on any atom is -0.372 e. The first-order valence-corrected chi connectivity index (χ1v) is 8.28. The van der Waals surface area contributed by atoms with Gasteiger partial charge in [-0.1, -0.05) is 6.07 Å². The van der Waals surface area contributed by atoms with Gasteiger partial charge in [0.05, 0.1) is 4.88 Å². The van der Waals surface area contributed by atoms with Crippen LogP contribution in [0.1, 0.15) is 29.4 Å². The summed E-state index contributed by atoms with van der Waals surface area (Å²) in [6.07, 6.45) is 1.85. The van der Waals surface area contributed by atoms with Gasteiger partial charge >= 0.3 is 0 Å². The van der Waals surface area contributed by atoms with Gasteiger partial charge in [0.15, 0.2) is 0 Å². The Morgan fingerprint density at radius 1 is 1.48 bits per heavy atom. The largest absolute Gasteiger partial charge is 0.372 e. The fourth-order valence-corrected chi connectivity index (χ4v) is 3.98. The predicted octanol–water partition coefficient (Wildman–Crippen LogP) is 1.50. The average molecular weight is 308 g/mol. The van der Waals surface area contributed by atoms with Gasteiger partial charge in [0, 0.05) is 25.2 Å². The minimum absolute atomic E-state index is 0.00902. The molecule has 114 valence electrons. The van der Waals surface area contributed by atoms with Crippen molar-refractivity contribution >= 4 is 23.2 Å². The van der Waals surface area contributed by atoms with Crippen molar-refractivity contribution < 1.29 is 14.3 Å². The molecule has 21 heavy (non-hydrogen) atoms. The van der Waals surface area contributed by atoms with Crippen LogP contribution in [0.2, 0.25) is 0 Å². The third-order valence-electron chi connectivity index (χ3n) is 4.35. The molecule has 2 amide bonds. The van der Waals surface area contributed by atoms with Crippen LogP contribution in [0.25, 0.3) is 0 Å². The Morgan fingerprint density at radius 3 is 2.95 bits per heavy atom. The van der Waals surface area contributed by atoms with E-state index in [1.165, 1.54) is 11.3 Å². The predicted molar refractivity (Wildman–Crippen MR) is 80.3 cm³/mol. The minimum atomic E-state index is 0.00902. The molecule has 2 fully saturated rings. The zero-order valence-electron chi connectivity index (χ0n) is 12.1. The Labute approximate surface area is 128 Å². The number of carbonyl (C=O) groups excluding carboxylic acids is 2. The van der Waals surface area contributed by atoms with Gasteiger partial charge in [-0.05, 0) is 37.1 Å². The van der Waals surface area contributed by atoms with Gasteiger partial charge in [0.1, 0.15) is 6.61 Å². The molecule has 1 aliphatic heterocycles. The van der Waals surface area contributed by atoms with E-state index < -0.39 is 0 Å². The lowest BCUT2D eigenvalue weighted by atomic mass is 10.0. The molecule has 2 heterocycles. The van der Waals surface area contributed by atoms with Gasteiger partial charge in [-0.2, -0.15) is 0 Å². The van der Waals surface area contributed by atoms with E-state index in [2.05, 4.69) is 5.32 Å². The third kappa shape index (κ3) is 2.96. The van der Waals surface area contributed by atoms with E-state index in [1.54, 1.807) is 0 Å². The zero-order chi connectivity index (χ0) is 14.8. The number of nitrogens with zero attached hydrogens (tertiary/aromatic N) is 1. The van der Waals surface area contributed by atoms with E-state index >= 15 is 0 Å². The van der Waals surface area contributed by atoms with Crippen molar-refractivity contribution in [2.24, 2.45) is 5.92 Å². The molecule has 1 saturated carbocycles. The highest BCUT2D eigenvalue weighted by Crippen LogP contribution is 2.38. The van der Waals surface area contributed by atoms with Crippen LogP contribution < -0.4 is 5.32 Å². The molecule has 2 bridgehead atoms. The Hall–Kier alpha value is -1.40. The fraction of sp³-hybridized carbons (Fsp3) is 0.600. The van der Waals surface area contributed by atoms with E-state index in [-0.39, 0.29) is 30.5 Å². The number of carbonyl (C=O) groups is 2. The van der Waals surface area contributed by atoms with E-state index in [0.29, 0.717) is 12.5 Å². The lowest BCUT2D eigenvalue weighted by molar-refractivity contribution is -0.137. The highest BCUT2D eigenvalue weighted by Gasteiger charge is 2.46. The number of fused-ring (bicyclic) bond motifs is 2. The Balaban J connectivity index is 1.53. The number of likely N-dealkylation sites (tertiary alicyclic amines) is 1. The van der Waals surface area contributed by atoms with Crippen LogP contribution in [-0.4, -0.2) is 48.6 Å². The molecule has 3 unspecified atom stereocenters. The smallest absolute Gasteiger partial charge is 0.261 e. The van der Waals surface area contributed by atoms with Crippen LogP contribution in [0.15, 0.2) is 17.5 Å². The molecular weight excluding hydrogens is 288 g/mol. The van der Waals surface area contributed by atoms with Crippen LogP contribution in [-0.2, 0) is 9.53 Å². The van der Waals surface area contributed by atoms with E-state index in [0.717, 1.165) is 24.3 Å². The van der Waals surface area contributed by atoms with Crippen molar-refractivity contribution in [3.05, 3.63) is 22.4 Å². The summed E-state index contributed by atoms with van der Waals surface area (Å²) >= 11 is 1.46. The van der Waals surface area contributed by atoms with Crippen LogP contribution in [0.3, 0.4) is 0 Å². The second-order valence-electron chi connectivity index (χ2n) is 5.63. The van der Waals surface area contributed by atoms with E-state index in [4.69, 9.17) is 4.74 Å². The van der Waals surface area contributed by atoms with Crippen molar-refractivity contribution in [2.75, 3.05) is 19.8 Å². The number of rotatable bonds is 5. The highest BCUT2D eigenvalue weighted by atomic mass is 32.1. The molecular formula is C15H20N2O3S. The second-order valence-corrected chi connectivity index (χ2v) is 6.57. The standard InChI is InChI=1S/C15H20N2O3S/c1-2-20-9-14(18)17-8-10-6-11(17)7-12(10)16-15(19)13-4-3-5-21-13/h3-5,10-12H,2,6-9H2,1H3,(H,16,19). The number of hydrogen-bond acceptors (Lipinski definition) is 4. The summed E-state index contributed by atoms with van der Waals surface area (Å²) in [6.45, 7) is 3.37. The third-order valence-corrected chi connectivity index (χ3v) is 5.22. The first kappa shape index (κ1) is 14.5. The lowest BCUT2D eigenvalue weighted by Gasteiger charge is -2.31. The Kier molecular flexibility index (Phi) is 4.26. The van der Waals surface area contributed by atoms with Gasteiger partial charge < -0.3 is 15.0 Å².